The third-order valence-electron chi connectivity index (χ3n) is 11.5. The van der Waals surface area contributed by atoms with Crippen LogP contribution in [0.3, 0.4) is 0 Å². The van der Waals surface area contributed by atoms with E-state index in [2.05, 4.69) is 0 Å². The molecule has 16 nitrogen and oxygen atoms in total. The van der Waals surface area contributed by atoms with E-state index in [0.29, 0.717) is 0 Å². The number of esters is 4. The largest absolute Gasteiger partial charge is 0.450 e. The molecule has 0 spiro atoms. The van der Waals surface area contributed by atoms with E-state index < -0.39 is 120 Å². The second-order valence-electron chi connectivity index (χ2n) is 20.8. The molecule has 16 heteroatoms. The minimum atomic E-state index is -1.39. The standard InChI is InChI=1S/C48H84N4O12/c1-25(2)21-33-45(57)61-38(30(11)12)42(54)50(18)35(23-27(5)6)47(59)63-40(32(15)16)44(56)52(20)36(24-28(7)8)48(60)64-39(31(13)14)43(55)51(19)34(22-26(3)4)46(58)62-37(29(9)10)41(53)49(33)17/h25-40H,21-24H2,1-20H3/t33-,34-,35-,36+,37-,38-,39-,40-/m0/s1. The molecule has 4 amide bonds. The first kappa shape index (κ1) is 57.8. The van der Waals surface area contributed by atoms with Crippen LogP contribution >= 0.6 is 0 Å². The maximum atomic E-state index is 14.4. The first-order valence-corrected chi connectivity index (χ1v) is 23.3. The Labute approximate surface area is 384 Å². The van der Waals surface area contributed by atoms with Gasteiger partial charge in [-0.15, -0.1) is 0 Å². The number of amides is 4. The summed E-state index contributed by atoms with van der Waals surface area (Å²) in [6.07, 6.45) is -5.02. The third kappa shape index (κ3) is 16.0. The van der Waals surface area contributed by atoms with Gasteiger partial charge in [-0.2, -0.15) is 0 Å². The van der Waals surface area contributed by atoms with Gasteiger partial charge in [-0.25, -0.2) is 19.2 Å². The van der Waals surface area contributed by atoms with Crippen LogP contribution in [-0.2, 0) is 57.3 Å². The Hall–Kier alpha value is -4.24. The van der Waals surface area contributed by atoms with Gasteiger partial charge < -0.3 is 38.5 Å². The average molecular weight is 909 g/mol. The number of carbonyl (C=O) groups excluding carboxylic acids is 8. The Morgan fingerprint density at radius 1 is 0.312 bits per heavy atom. The number of nitrogens with zero attached hydrogens (tertiary/aromatic N) is 4. The molecule has 0 aliphatic carbocycles. The van der Waals surface area contributed by atoms with Gasteiger partial charge in [-0.1, -0.05) is 111 Å². The molecule has 368 valence electrons. The Balaban J connectivity index is 4.22. The topological polar surface area (TPSA) is 186 Å². The van der Waals surface area contributed by atoms with Crippen molar-refractivity contribution in [3.8, 4) is 0 Å². The second-order valence-corrected chi connectivity index (χ2v) is 20.8. The van der Waals surface area contributed by atoms with Crippen LogP contribution in [0.5, 0.6) is 0 Å². The van der Waals surface area contributed by atoms with Crippen molar-refractivity contribution in [3.63, 3.8) is 0 Å². The van der Waals surface area contributed by atoms with Crippen molar-refractivity contribution in [2.45, 2.75) is 185 Å². The zero-order chi connectivity index (χ0) is 49.8. The minimum absolute atomic E-state index is 0.129. The van der Waals surface area contributed by atoms with E-state index in [0.717, 1.165) is 0 Å². The Morgan fingerprint density at radius 3 is 0.562 bits per heavy atom. The highest BCUT2D eigenvalue weighted by Gasteiger charge is 2.45. The van der Waals surface area contributed by atoms with Crippen LogP contribution in [0, 0.1) is 47.3 Å². The van der Waals surface area contributed by atoms with Crippen molar-refractivity contribution in [1.82, 2.24) is 19.6 Å². The third-order valence-corrected chi connectivity index (χ3v) is 11.5. The monoisotopic (exact) mass is 909 g/mol. The molecule has 1 fully saturated rings. The molecule has 1 saturated heterocycles. The van der Waals surface area contributed by atoms with Gasteiger partial charge in [0.2, 0.25) is 0 Å². The lowest BCUT2D eigenvalue weighted by Crippen LogP contribution is -2.56. The normalized spacial score (nSPS) is 26.6. The number of hydrogen-bond donors (Lipinski definition) is 0. The van der Waals surface area contributed by atoms with Crippen LogP contribution in [0.4, 0.5) is 0 Å². The summed E-state index contributed by atoms with van der Waals surface area (Å²) in [5.41, 5.74) is 0. The lowest BCUT2D eigenvalue weighted by molar-refractivity contribution is -0.180. The van der Waals surface area contributed by atoms with Gasteiger partial charge in [0.05, 0.1) is 0 Å². The molecule has 1 heterocycles. The molecule has 0 saturated carbocycles. The summed E-state index contributed by atoms with van der Waals surface area (Å²) in [6, 6.07) is -4.83. The molecule has 1 rings (SSSR count). The zero-order valence-corrected chi connectivity index (χ0v) is 42.8. The molecule has 0 aromatic rings. The van der Waals surface area contributed by atoms with Crippen LogP contribution < -0.4 is 0 Å². The fourth-order valence-electron chi connectivity index (χ4n) is 7.55. The number of carbonyl (C=O) groups is 8. The highest BCUT2D eigenvalue weighted by atomic mass is 16.6. The number of cyclic esters (lactones) is 4. The molecule has 0 N–H and O–H groups in total. The van der Waals surface area contributed by atoms with Gasteiger partial charge >= 0.3 is 23.9 Å². The quantitative estimate of drug-likeness (QED) is 0.171. The SMILES string of the molecule is CC(C)C[C@@H]1C(=O)O[C@@H](C(C)C)C(=O)N(C)[C@@H](CC(C)C)C(=O)O[C@@H](C(C)C)C(=O)N(C)[C@@H](CC(C)C)C(=O)O[C@@H](C(C)C)C(=O)N(C)[C@@H](CC(C)C)C(=O)O[C@@H](C(C)C)C(=O)N1C. The Kier molecular flexibility index (Phi) is 23.0. The van der Waals surface area contributed by atoms with Gasteiger partial charge in [0.1, 0.15) is 24.2 Å². The van der Waals surface area contributed by atoms with Crippen molar-refractivity contribution in [3.05, 3.63) is 0 Å². The van der Waals surface area contributed by atoms with Crippen molar-refractivity contribution in [1.29, 1.82) is 0 Å². The first-order valence-electron chi connectivity index (χ1n) is 23.3. The number of hydrogen-bond acceptors (Lipinski definition) is 12. The molecule has 0 unspecified atom stereocenters. The molecule has 8 atom stereocenters. The summed E-state index contributed by atoms with van der Waals surface area (Å²) in [6.45, 7) is 28.4. The predicted molar refractivity (Wildman–Crippen MR) is 243 cm³/mol. The van der Waals surface area contributed by atoms with E-state index in [-0.39, 0.29) is 49.4 Å². The van der Waals surface area contributed by atoms with Crippen LogP contribution in [0.25, 0.3) is 0 Å². The van der Waals surface area contributed by atoms with E-state index in [1.54, 1.807) is 55.4 Å². The highest BCUT2D eigenvalue weighted by Crippen LogP contribution is 2.26. The molecule has 0 aromatic heterocycles. The average Bonchev–Trinajstić information content (AvgIpc) is 3.18. The fourth-order valence-corrected chi connectivity index (χ4v) is 7.55. The lowest BCUT2D eigenvalue weighted by atomic mass is 9.98. The molecule has 0 aromatic carbocycles. The van der Waals surface area contributed by atoms with E-state index in [1.165, 1.54) is 47.8 Å². The van der Waals surface area contributed by atoms with E-state index in [1.807, 2.05) is 55.4 Å². The minimum Gasteiger partial charge on any atom is -0.450 e. The van der Waals surface area contributed by atoms with Crippen LogP contribution in [0.15, 0.2) is 0 Å². The highest BCUT2D eigenvalue weighted by molar-refractivity contribution is 5.94. The summed E-state index contributed by atoms with van der Waals surface area (Å²) in [7, 11) is 5.65. The molecule has 0 radical (unpaired) electrons. The lowest BCUT2D eigenvalue weighted by Gasteiger charge is -2.37. The van der Waals surface area contributed by atoms with E-state index in [4.69, 9.17) is 18.9 Å². The summed E-state index contributed by atoms with van der Waals surface area (Å²) in [5, 5.41) is 0. The summed E-state index contributed by atoms with van der Waals surface area (Å²) in [4.78, 5) is 120. The van der Waals surface area contributed by atoms with Crippen LogP contribution in [-0.4, -0.2) is 144 Å². The molecular weight excluding hydrogens is 825 g/mol. The summed E-state index contributed by atoms with van der Waals surface area (Å²) in [5.74, 6) is -9.05. The van der Waals surface area contributed by atoms with E-state index >= 15 is 0 Å². The molecule has 1 aliphatic rings. The second kappa shape index (κ2) is 25.5. The van der Waals surface area contributed by atoms with Gasteiger partial charge in [0.15, 0.2) is 24.4 Å². The van der Waals surface area contributed by atoms with Gasteiger partial charge in [-0.3, -0.25) is 19.2 Å². The fraction of sp³-hybridized carbons (Fsp3) is 0.833. The van der Waals surface area contributed by atoms with Crippen molar-refractivity contribution in [2.75, 3.05) is 28.2 Å². The molecule has 1 aliphatic heterocycles. The smallest absolute Gasteiger partial charge is 0.329 e. The Bertz CT molecular complexity index is 1380. The van der Waals surface area contributed by atoms with Crippen LogP contribution in [0.1, 0.15) is 136 Å². The summed E-state index contributed by atoms with van der Waals surface area (Å²) < 4.78 is 24.0. The van der Waals surface area contributed by atoms with E-state index in [9.17, 15) is 38.4 Å². The van der Waals surface area contributed by atoms with Crippen molar-refractivity contribution in [2.24, 2.45) is 47.3 Å². The van der Waals surface area contributed by atoms with Gasteiger partial charge in [-0.05, 0) is 73.0 Å². The predicted octanol–water partition coefficient (Wildman–Crippen LogP) is 5.76. The van der Waals surface area contributed by atoms with Crippen molar-refractivity contribution >= 4 is 47.5 Å². The van der Waals surface area contributed by atoms with Crippen LogP contribution in [0.2, 0.25) is 0 Å². The molecular formula is C48H84N4O12. The maximum Gasteiger partial charge on any atom is 0.329 e. The molecule has 0 bridgehead atoms. The first-order chi connectivity index (χ1) is 29.4. The number of rotatable bonds is 12. The summed E-state index contributed by atoms with van der Waals surface area (Å²) >= 11 is 0. The number of likely N-dealkylation sites (N-methyl/N-ethyl adjacent to an activating group) is 4. The van der Waals surface area contributed by atoms with Gasteiger partial charge in [0.25, 0.3) is 23.6 Å². The van der Waals surface area contributed by atoms with Gasteiger partial charge in [0, 0.05) is 28.2 Å². The van der Waals surface area contributed by atoms with Crippen molar-refractivity contribution < 1.29 is 57.3 Å². The molecule has 64 heavy (non-hydrogen) atoms. The zero-order valence-electron chi connectivity index (χ0n) is 42.8. The Morgan fingerprint density at radius 2 is 0.453 bits per heavy atom. The number of ether oxygens (including phenoxy) is 4. The maximum absolute atomic E-state index is 14.4.